The lowest BCUT2D eigenvalue weighted by Gasteiger charge is -2.01. The van der Waals surface area contributed by atoms with Crippen LogP contribution in [0, 0.1) is 0 Å². The van der Waals surface area contributed by atoms with Crippen LogP contribution in [0.2, 0.25) is 0 Å². The highest BCUT2D eigenvalue weighted by atomic mass is 16.6. The van der Waals surface area contributed by atoms with Gasteiger partial charge in [-0.05, 0) is 51.4 Å². The highest BCUT2D eigenvalue weighted by Gasteiger charge is 2.35. The molecule has 2 atom stereocenters. The number of epoxide rings is 1. The molecular weight excluding hydrogens is 296 g/mol. The lowest BCUT2D eigenvalue weighted by Crippen LogP contribution is -1.88. The molecule has 1 saturated heterocycles. The van der Waals surface area contributed by atoms with Gasteiger partial charge >= 0.3 is 0 Å². The fourth-order valence-corrected chi connectivity index (χ4v) is 2.90. The van der Waals surface area contributed by atoms with E-state index in [0.717, 1.165) is 37.9 Å². The predicted octanol–water partition coefficient (Wildman–Crippen LogP) is 6.73. The average Bonchev–Trinajstić information content (AvgIpc) is 3.36. The Morgan fingerprint density at radius 2 is 1.46 bits per heavy atom. The van der Waals surface area contributed by atoms with Crippen molar-refractivity contribution in [2.75, 3.05) is 7.11 Å². The zero-order valence-electron chi connectivity index (χ0n) is 16.0. The second kappa shape index (κ2) is 14.3. The molecule has 0 saturated carbocycles. The summed E-state index contributed by atoms with van der Waals surface area (Å²) in [6.45, 7) is 6.03. The molecule has 0 radical (unpaired) electrons. The molecule has 1 rings (SSSR count). The van der Waals surface area contributed by atoms with Gasteiger partial charge in [-0.25, -0.2) is 0 Å². The Balaban J connectivity index is 1.76. The van der Waals surface area contributed by atoms with Crippen molar-refractivity contribution in [3.63, 3.8) is 0 Å². The lowest BCUT2D eigenvalue weighted by atomic mass is 10.1. The Bertz CT molecular complexity index is 370. The van der Waals surface area contributed by atoms with E-state index in [4.69, 9.17) is 9.47 Å². The van der Waals surface area contributed by atoms with Gasteiger partial charge in [-0.2, -0.15) is 0 Å². The minimum Gasteiger partial charge on any atom is -0.502 e. The van der Waals surface area contributed by atoms with Gasteiger partial charge in [0.15, 0.2) is 0 Å². The summed E-state index contributed by atoms with van der Waals surface area (Å²) in [4.78, 5) is 0. The summed E-state index contributed by atoms with van der Waals surface area (Å²) >= 11 is 0. The van der Waals surface area contributed by atoms with Gasteiger partial charge in [-0.3, -0.25) is 0 Å². The fraction of sp³-hybridized carbons (Fsp3) is 0.727. The maximum atomic E-state index is 5.53. The highest BCUT2D eigenvalue weighted by molar-refractivity contribution is 4.93. The van der Waals surface area contributed by atoms with E-state index in [1.807, 2.05) is 0 Å². The maximum absolute atomic E-state index is 5.53. The van der Waals surface area contributed by atoms with Crippen molar-refractivity contribution >= 4 is 0 Å². The molecule has 1 aliphatic rings. The summed E-state index contributed by atoms with van der Waals surface area (Å²) in [5.74, 6) is 0.893. The summed E-state index contributed by atoms with van der Waals surface area (Å²) in [6, 6.07) is 0. The third kappa shape index (κ3) is 11.5. The largest absolute Gasteiger partial charge is 0.502 e. The van der Waals surface area contributed by atoms with Crippen LogP contribution in [0.25, 0.3) is 0 Å². The Labute approximate surface area is 150 Å². The number of ether oxygens (including phenoxy) is 2. The smallest absolute Gasteiger partial charge is 0.0884 e. The maximum Gasteiger partial charge on any atom is 0.0884 e. The molecule has 0 aliphatic carbocycles. The van der Waals surface area contributed by atoms with Gasteiger partial charge in [0.05, 0.1) is 25.1 Å². The van der Waals surface area contributed by atoms with Gasteiger partial charge in [0.1, 0.15) is 0 Å². The molecule has 2 heteroatoms. The SMILES string of the molecule is C=C(CCC/C=C\CCCCCCC/C=C\CC1OC1CC)OC. The molecule has 0 aromatic heterocycles. The molecule has 24 heavy (non-hydrogen) atoms. The van der Waals surface area contributed by atoms with E-state index < -0.39 is 0 Å². The third-order valence-electron chi connectivity index (χ3n) is 4.65. The summed E-state index contributed by atoms with van der Waals surface area (Å²) in [5, 5.41) is 0. The van der Waals surface area contributed by atoms with Crippen molar-refractivity contribution in [3.05, 3.63) is 36.6 Å². The summed E-state index contributed by atoms with van der Waals surface area (Å²) in [7, 11) is 1.69. The van der Waals surface area contributed by atoms with Crippen LogP contribution in [0.4, 0.5) is 0 Å². The number of hydrogen-bond donors (Lipinski definition) is 0. The summed E-state index contributed by atoms with van der Waals surface area (Å²) < 4.78 is 10.6. The highest BCUT2D eigenvalue weighted by Crippen LogP contribution is 2.28. The van der Waals surface area contributed by atoms with Crippen molar-refractivity contribution in [3.8, 4) is 0 Å². The zero-order valence-corrected chi connectivity index (χ0v) is 16.0. The number of methoxy groups -OCH3 is 1. The lowest BCUT2D eigenvalue weighted by molar-refractivity contribution is 0.277. The minimum atomic E-state index is 0.526. The topological polar surface area (TPSA) is 21.8 Å². The monoisotopic (exact) mass is 334 g/mol. The van der Waals surface area contributed by atoms with Crippen molar-refractivity contribution < 1.29 is 9.47 Å². The van der Waals surface area contributed by atoms with E-state index >= 15 is 0 Å². The van der Waals surface area contributed by atoms with Crippen LogP contribution in [0.5, 0.6) is 0 Å². The molecule has 1 fully saturated rings. The van der Waals surface area contributed by atoms with E-state index in [0.29, 0.717) is 12.2 Å². The molecule has 0 amide bonds. The van der Waals surface area contributed by atoms with E-state index in [2.05, 4.69) is 37.8 Å². The van der Waals surface area contributed by atoms with Gasteiger partial charge in [0.2, 0.25) is 0 Å². The van der Waals surface area contributed by atoms with Crippen LogP contribution >= 0.6 is 0 Å². The first-order valence-corrected chi connectivity index (χ1v) is 9.95. The quantitative estimate of drug-likeness (QED) is 0.135. The first-order chi connectivity index (χ1) is 11.8. The molecule has 138 valence electrons. The Morgan fingerprint density at radius 3 is 2.04 bits per heavy atom. The van der Waals surface area contributed by atoms with Crippen LogP contribution in [0.3, 0.4) is 0 Å². The van der Waals surface area contributed by atoms with Crippen molar-refractivity contribution in [1.29, 1.82) is 0 Å². The van der Waals surface area contributed by atoms with E-state index in [9.17, 15) is 0 Å². The van der Waals surface area contributed by atoms with Crippen molar-refractivity contribution in [2.45, 2.75) is 96.2 Å². The first-order valence-electron chi connectivity index (χ1n) is 9.95. The molecular formula is C22H38O2. The second-order valence-electron chi connectivity index (χ2n) is 6.78. The van der Waals surface area contributed by atoms with Crippen molar-refractivity contribution in [1.82, 2.24) is 0 Å². The number of unbranched alkanes of at least 4 members (excludes halogenated alkanes) is 7. The van der Waals surface area contributed by atoms with Gasteiger partial charge in [-0.15, -0.1) is 0 Å². The molecule has 1 heterocycles. The van der Waals surface area contributed by atoms with Crippen molar-refractivity contribution in [2.24, 2.45) is 0 Å². The van der Waals surface area contributed by atoms with Crippen LogP contribution in [-0.2, 0) is 9.47 Å². The van der Waals surface area contributed by atoms with Gasteiger partial charge in [0.25, 0.3) is 0 Å². The zero-order chi connectivity index (χ0) is 17.5. The van der Waals surface area contributed by atoms with E-state index in [1.54, 1.807) is 7.11 Å². The van der Waals surface area contributed by atoms with Gasteiger partial charge in [0, 0.05) is 6.42 Å². The van der Waals surface area contributed by atoms with Crippen LogP contribution < -0.4 is 0 Å². The van der Waals surface area contributed by atoms with Crippen LogP contribution in [0.15, 0.2) is 36.6 Å². The molecule has 0 aromatic carbocycles. The first kappa shape index (κ1) is 21.0. The third-order valence-corrected chi connectivity index (χ3v) is 4.65. The summed E-state index contributed by atoms with van der Waals surface area (Å²) in [6.07, 6.45) is 25.1. The van der Waals surface area contributed by atoms with Gasteiger partial charge < -0.3 is 9.47 Å². The van der Waals surface area contributed by atoms with E-state index in [1.165, 1.54) is 44.9 Å². The minimum absolute atomic E-state index is 0.526. The standard InChI is InChI=1S/C22H38O2/c1-4-21-22(24-21)19-17-15-13-11-9-7-5-6-8-10-12-14-16-18-20(2)23-3/h10,12,15,17,21-22H,2,4-9,11,13-14,16,18-19H2,1,3H3/b12-10-,17-15-. The fourth-order valence-electron chi connectivity index (χ4n) is 2.90. The van der Waals surface area contributed by atoms with Crippen LogP contribution in [0.1, 0.15) is 84.0 Å². The van der Waals surface area contributed by atoms with Gasteiger partial charge in [-0.1, -0.05) is 57.1 Å². The second-order valence-corrected chi connectivity index (χ2v) is 6.78. The molecule has 0 N–H and O–H groups in total. The number of hydrogen-bond acceptors (Lipinski definition) is 2. The van der Waals surface area contributed by atoms with Crippen LogP contribution in [-0.4, -0.2) is 19.3 Å². The Hall–Kier alpha value is -1.02. The molecule has 1 aliphatic heterocycles. The van der Waals surface area contributed by atoms with E-state index in [-0.39, 0.29) is 0 Å². The Kier molecular flexibility index (Phi) is 12.6. The summed E-state index contributed by atoms with van der Waals surface area (Å²) in [5.41, 5.74) is 0. The Morgan fingerprint density at radius 1 is 0.875 bits per heavy atom. The predicted molar refractivity (Wildman–Crippen MR) is 104 cm³/mol. The molecule has 0 bridgehead atoms. The molecule has 0 spiro atoms. The molecule has 2 nitrogen and oxygen atoms in total. The number of allylic oxidation sites excluding steroid dienone is 4. The number of rotatable bonds is 16. The average molecular weight is 335 g/mol. The molecule has 2 unspecified atom stereocenters. The normalized spacial score (nSPS) is 20.1. The molecule has 0 aromatic rings.